The van der Waals surface area contributed by atoms with E-state index in [-0.39, 0.29) is 0 Å². The molecule has 4 rings (SSSR count). The predicted octanol–water partition coefficient (Wildman–Crippen LogP) is 4.05. The van der Waals surface area contributed by atoms with Gasteiger partial charge in [0.1, 0.15) is 0 Å². The van der Waals surface area contributed by atoms with Crippen LogP contribution in [0.1, 0.15) is 31.2 Å². The van der Waals surface area contributed by atoms with E-state index in [0.717, 1.165) is 5.69 Å². The zero-order valence-corrected chi connectivity index (χ0v) is 12.1. The Morgan fingerprint density at radius 2 is 1.81 bits per heavy atom. The van der Waals surface area contributed by atoms with E-state index in [4.69, 9.17) is 0 Å². The number of hydrogen-bond acceptors (Lipinski definition) is 2. The van der Waals surface area contributed by atoms with Gasteiger partial charge in [0.2, 0.25) is 0 Å². The second-order valence-electron chi connectivity index (χ2n) is 6.09. The first-order chi connectivity index (χ1) is 10.4. The quantitative estimate of drug-likeness (QED) is 0.895. The van der Waals surface area contributed by atoms with Crippen molar-refractivity contribution in [2.75, 3.05) is 0 Å². The van der Waals surface area contributed by atoms with E-state index >= 15 is 0 Å². The lowest BCUT2D eigenvalue weighted by atomic mass is 9.84. The normalized spacial score (nSPS) is 24.5. The molecule has 2 aromatic rings. The third-order valence-electron chi connectivity index (χ3n) is 4.60. The average molecular weight is 276 g/mol. The number of aromatic nitrogens is 1. The highest BCUT2D eigenvalue weighted by atomic mass is 15.0. The van der Waals surface area contributed by atoms with Crippen molar-refractivity contribution in [3.8, 4) is 11.3 Å². The van der Waals surface area contributed by atoms with Crippen LogP contribution in [-0.2, 0) is 0 Å². The molecule has 2 unspecified atom stereocenters. The number of fused-ring (bicyclic) bond motifs is 2. The molecule has 1 aromatic carbocycles. The summed E-state index contributed by atoms with van der Waals surface area (Å²) in [6.07, 6.45) is 9.42. The van der Waals surface area contributed by atoms with Gasteiger partial charge in [-0.1, -0.05) is 42.8 Å². The molecule has 2 heteroatoms. The highest BCUT2D eigenvalue weighted by Gasteiger charge is 2.25. The van der Waals surface area contributed by atoms with Gasteiger partial charge in [0, 0.05) is 23.8 Å². The molecule has 1 N–H and O–H groups in total. The summed E-state index contributed by atoms with van der Waals surface area (Å²) in [6, 6.07) is 16.2. The fraction of sp³-hybridized carbons (Fsp3) is 0.316. The first-order valence-electron chi connectivity index (χ1n) is 7.87. The predicted molar refractivity (Wildman–Crippen MR) is 86.8 cm³/mol. The summed E-state index contributed by atoms with van der Waals surface area (Å²) in [6.45, 7) is 0. The Morgan fingerprint density at radius 1 is 0.952 bits per heavy atom. The van der Waals surface area contributed by atoms with Crippen LogP contribution in [0.5, 0.6) is 0 Å². The molecule has 0 amide bonds. The second-order valence-corrected chi connectivity index (χ2v) is 6.09. The van der Waals surface area contributed by atoms with Gasteiger partial charge in [0.25, 0.3) is 0 Å². The lowest BCUT2D eigenvalue weighted by Gasteiger charge is -2.35. The zero-order valence-electron chi connectivity index (χ0n) is 12.1. The van der Waals surface area contributed by atoms with Crippen LogP contribution in [-0.4, -0.2) is 17.1 Å². The van der Waals surface area contributed by atoms with E-state index in [0.29, 0.717) is 12.1 Å². The van der Waals surface area contributed by atoms with Crippen molar-refractivity contribution in [2.24, 2.45) is 0 Å². The topological polar surface area (TPSA) is 24.9 Å². The van der Waals surface area contributed by atoms with Gasteiger partial charge in [0.15, 0.2) is 0 Å². The smallest absolute Gasteiger partial charge is 0.0701 e. The van der Waals surface area contributed by atoms with Crippen LogP contribution >= 0.6 is 0 Å². The maximum absolute atomic E-state index is 4.41. The van der Waals surface area contributed by atoms with Crippen LogP contribution < -0.4 is 5.32 Å². The molecule has 0 aliphatic carbocycles. The molecule has 1 aromatic heterocycles. The molecular formula is C19H20N2. The molecule has 106 valence electrons. The Morgan fingerprint density at radius 3 is 2.57 bits per heavy atom. The molecule has 2 nitrogen and oxygen atoms in total. The van der Waals surface area contributed by atoms with Gasteiger partial charge in [-0.05, 0) is 42.5 Å². The number of pyridine rings is 1. The van der Waals surface area contributed by atoms with Gasteiger partial charge in [-0.2, -0.15) is 0 Å². The molecule has 2 bridgehead atoms. The summed E-state index contributed by atoms with van der Waals surface area (Å²) < 4.78 is 0. The van der Waals surface area contributed by atoms with E-state index in [1.807, 2.05) is 18.3 Å². The highest BCUT2D eigenvalue weighted by molar-refractivity contribution is 5.70. The van der Waals surface area contributed by atoms with Gasteiger partial charge in [-0.3, -0.25) is 4.98 Å². The van der Waals surface area contributed by atoms with E-state index in [2.05, 4.69) is 46.7 Å². The molecule has 1 fully saturated rings. The SMILES string of the molecule is C1=C(c2ccc(-c3ccccn3)cc2)CC2CCCC1N2. The van der Waals surface area contributed by atoms with Crippen molar-refractivity contribution in [3.05, 3.63) is 60.3 Å². The molecular weight excluding hydrogens is 256 g/mol. The molecule has 0 spiro atoms. The summed E-state index contributed by atoms with van der Waals surface area (Å²) in [4.78, 5) is 4.41. The van der Waals surface area contributed by atoms with Crippen molar-refractivity contribution < 1.29 is 0 Å². The minimum absolute atomic E-state index is 0.586. The van der Waals surface area contributed by atoms with Crippen molar-refractivity contribution in [2.45, 2.75) is 37.8 Å². The number of nitrogens with one attached hydrogen (secondary N) is 1. The summed E-state index contributed by atoms with van der Waals surface area (Å²) >= 11 is 0. The minimum Gasteiger partial charge on any atom is -0.307 e. The summed E-state index contributed by atoms with van der Waals surface area (Å²) in [5, 5.41) is 3.70. The Bertz CT molecular complexity index is 643. The highest BCUT2D eigenvalue weighted by Crippen LogP contribution is 2.31. The molecule has 0 radical (unpaired) electrons. The van der Waals surface area contributed by atoms with E-state index in [9.17, 15) is 0 Å². The standard InChI is InChI=1S/C19H20N2/c1-2-11-20-19(6-1)15-9-7-14(8-10-15)16-12-17-4-3-5-18(13-16)21-17/h1-2,6-12,17-18,21H,3-5,13H2. The van der Waals surface area contributed by atoms with E-state index in [1.54, 1.807) is 0 Å². The maximum atomic E-state index is 4.41. The molecule has 3 heterocycles. The fourth-order valence-electron chi connectivity index (χ4n) is 3.53. The van der Waals surface area contributed by atoms with Gasteiger partial charge >= 0.3 is 0 Å². The molecule has 21 heavy (non-hydrogen) atoms. The molecule has 2 atom stereocenters. The zero-order chi connectivity index (χ0) is 14.1. The van der Waals surface area contributed by atoms with Crippen molar-refractivity contribution in [1.82, 2.24) is 10.3 Å². The Hall–Kier alpha value is -1.93. The maximum Gasteiger partial charge on any atom is 0.0701 e. The van der Waals surface area contributed by atoms with Crippen molar-refractivity contribution in [3.63, 3.8) is 0 Å². The van der Waals surface area contributed by atoms with Crippen molar-refractivity contribution in [1.29, 1.82) is 0 Å². The van der Waals surface area contributed by atoms with Crippen LogP contribution in [0.3, 0.4) is 0 Å². The lowest BCUT2D eigenvalue weighted by Crippen LogP contribution is -2.44. The molecule has 0 saturated carbocycles. The van der Waals surface area contributed by atoms with Crippen LogP contribution in [0, 0.1) is 0 Å². The Labute approximate surface area is 125 Å². The molecule has 1 saturated heterocycles. The number of nitrogens with zero attached hydrogens (tertiary/aromatic N) is 1. The molecule has 2 aliphatic rings. The number of hydrogen-bond donors (Lipinski definition) is 1. The molecule has 2 aliphatic heterocycles. The van der Waals surface area contributed by atoms with Gasteiger partial charge in [-0.25, -0.2) is 0 Å². The van der Waals surface area contributed by atoms with Crippen LogP contribution in [0.2, 0.25) is 0 Å². The number of rotatable bonds is 2. The van der Waals surface area contributed by atoms with Crippen LogP contribution in [0.4, 0.5) is 0 Å². The first kappa shape index (κ1) is 12.8. The van der Waals surface area contributed by atoms with E-state index in [1.165, 1.54) is 42.4 Å². The first-order valence-corrected chi connectivity index (χ1v) is 7.87. The van der Waals surface area contributed by atoms with Crippen LogP contribution in [0.25, 0.3) is 16.8 Å². The Balaban J connectivity index is 1.61. The van der Waals surface area contributed by atoms with E-state index < -0.39 is 0 Å². The number of piperidine rings is 1. The average Bonchev–Trinajstić information content (AvgIpc) is 2.55. The van der Waals surface area contributed by atoms with Crippen molar-refractivity contribution >= 4 is 5.57 Å². The lowest BCUT2D eigenvalue weighted by molar-refractivity contribution is 0.348. The fourth-order valence-corrected chi connectivity index (χ4v) is 3.53. The summed E-state index contributed by atoms with van der Waals surface area (Å²) in [7, 11) is 0. The Kier molecular flexibility index (Phi) is 3.32. The third kappa shape index (κ3) is 2.64. The van der Waals surface area contributed by atoms with Gasteiger partial charge in [0.05, 0.1) is 5.69 Å². The summed E-state index contributed by atoms with van der Waals surface area (Å²) in [5.41, 5.74) is 5.11. The minimum atomic E-state index is 0.586. The van der Waals surface area contributed by atoms with Gasteiger partial charge < -0.3 is 5.32 Å². The monoisotopic (exact) mass is 276 g/mol. The third-order valence-corrected chi connectivity index (χ3v) is 4.60. The largest absolute Gasteiger partial charge is 0.307 e. The summed E-state index contributed by atoms with van der Waals surface area (Å²) in [5.74, 6) is 0. The second kappa shape index (κ2) is 5.45. The van der Waals surface area contributed by atoms with Crippen LogP contribution in [0.15, 0.2) is 54.7 Å². The van der Waals surface area contributed by atoms with Gasteiger partial charge in [-0.15, -0.1) is 0 Å². The number of benzene rings is 1.